The molecule has 6 nitrogen and oxygen atoms in total. The van der Waals surface area contributed by atoms with Crippen molar-refractivity contribution in [2.45, 2.75) is 0 Å². The van der Waals surface area contributed by atoms with E-state index >= 15 is 0 Å². The molecule has 2 heterocycles. The molecule has 10 aromatic rings. The van der Waals surface area contributed by atoms with Gasteiger partial charge in [-0.3, -0.25) is 0 Å². The molecule has 0 amide bonds. The van der Waals surface area contributed by atoms with E-state index in [1.807, 2.05) is 97.1 Å². The van der Waals surface area contributed by atoms with Crippen LogP contribution < -0.4 is 0 Å². The first-order valence-corrected chi connectivity index (χ1v) is 20.2. The lowest BCUT2D eigenvalue weighted by molar-refractivity contribution is 1.18. The van der Waals surface area contributed by atoms with Crippen molar-refractivity contribution in [3.05, 3.63) is 217 Å². The molecule has 8 aromatic carbocycles. The van der Waals surface area contributed by atoms with Crippen LogP contribution in [0.15, 0.2) is 206 Å². The van der Waals surface area contributed by atoms with E-state index in [0.717, 1.165) is 89.2 Å². The molecule has 10 rings (SSSR count). The smallest absolute Gasteiger partial charge is 0.160 e. The number of aromatic nitrogens is 4. The summed E-state index contributed by atoms with van der Waals surface area (Å²) in [6.07, 6.45) is 0. The molecule has 0 radical (unpaired) electrons. The van der Waals surface area contributed by atoms with Crippen LogP contribution >= 0.6 is 0 Å². The topological polar surface area (TPSA) is 99.1 Å². The van der Waals surface area contributed by atoms with Crippen molar-refractivity contribution in [3.63, 3.8) is 0 Å². The van der Waals surface area contributed by atoms with Crippen LogP contribution in [-0.2, 0) is 0 Å². The molecule has 0 bridgehead atoms. The van der Waals surface area contributed by atoms with E-state index in [2.05, 4.69) is 121 Å². The van der Waals surface area contributed by atoms with Gasteiger partial charge in [0.25, 0.3) is 0 Å². The van der Waals surface area contributed by atoms with Crippen molar-refractivity contribution in [1.82, 2.24) is 19.9 Å². The SMILES string of the molecule is N#Cc1ccc(-c2cc(-c3ccccc3)nc(-c3ccc(-c4cccc5c(-c6ccc(-c7nc(-c8ccccc8)cc(-c8ccc(C#N)cc8)n7)cc6)cccc45)cc3)n2)cc1. The summed E-state index contributed by atoms with van der Waals surface area (Å²) in [6.45, 7) is 0. The predicted octanol–water partition coefficient (Wildman–Crippen LogP) is 13.5. The molecule has 0 aliphatic rings. The summed E-state index contributed by atoms with van der Waals surface area (Å²) in [5.74, 6) is 1.26. The Labute approximate surface area is 359 Å². The van der Waals surface area contributed by atoms with Crippen LogP contribution in [-0.4, -0.2) is 19.9 Å². The Kier molecular flexibility index (Phi) is 9.92. The van der Waals surface area contributed by atoms with Crippen LogP contribution in [0.3, 0.4) is 0 Å². The van der Waals surface area contributed by atoms with Crippen molar-refractivity contribution < 1.29 is 0 Å². The van der Waals surface area contributed by atoms with Crippen molar-refractivity contribution in [2.24, 2.45) is 0 Å². The summed E-state index contributed by atoms with van der Waals surface area (Å²) in [5, 5.41) is 21.0. The van der Waals surface area contributed by atoms with Gasteiger partial charge < -0.3 is 0 Å². The zero-order valence-electron chi connectivity index (χ0n) is 33.3. The second-order valence-corrected chi connectivity index (χ2v) is 14.9. The summed E-state index contributed by atoms with van der Waals surface area (Å²) in [5.41, 5.74) is 14.5. The third kappa shape index (κ3) is 7.48. The number of rotatable bonds is 8. The van der Waals surface area contributed by atoms with Crippen molar-refractivity contribution in [2.75, 3.05) is 0 Å². The summed E-state index contributed by atoms with van der Waals surface area (Å²) < 4.78 is 0. The monoisotopic (exact) mass is 790 g/mol. The maximum atomic E-state index is 9.35. The van der Waals surface area contributed by atoms with E-state index in [-0.39, 0.29) is 0 Å². The average Bonchev–Trinajstić information content (AvgIpc) is 3.36. The largest absolute Gasteiger partial charge is 0.228 e. The van der Waals surface area contributed by atoms with Crippen LogP contribution in [0, 0.1) is 22.7 Å². The van der Waals surface area contributed by atoms with Gasteiger partial charge in [0, 0.05) is 33.4 Å². The van der Waals surface area contributed by atoms with Crippen molar-refractivity contribution >= 4 is 10.8 Å². The second kappa shape index (κ2) is 16.4. The molecule has 0 saturated carbocycles. The summed E-state index contributed by atoms with van der Waals surface area (Å²) in [7, 11) is 0. The van der Waals surface area contributed by atoms with E-state index in [9.17, 15) is 10.5 Å². The fourth-order valence-electron chi connectivity index (χ4n) is 7.80. The molecule has 62 heavy (non-hydrogen) atoms. The fraction of sp³-hybridized carbons (Fsp3) is 0. The molecule has 0 saturated heterocycles. The Balaban J connectivity index is 0.977. The van der Waals surface area contributed by atoms with Crippen LogP contribution in [0.25, 0.3) is 101 Å². The second-order valence-electron chi connectivity index (χ2n) is 14.9. The molecule has 0 spiro atoms. The maximum absolute atomic E-state index is 9.35. The van der Waals surface area contributed by atoms with E-state index in [4.69, 9.17) is 19.9 Å². The van der Waals surface area contributed by atoms with E-state index in [0.29, 0.717) is 22.8 Å². The van der Waals surface area contributed by atoms with Crippen molar-refractivity contribution in [1.29, 1.82) is 10.5 Å². The normalized spacial score (nSPS) is 10.9. The Morgan fingerprint density at radius 1 is 0.274 bits per heavy atom. The van der Waals surface area contributed by atoms with Gasteiger partial charge in [-0.1, -0.05) is 170 Å². The minimum atomic E-state index is 0.604. The third-order valence-electron chi connectivity index (χ3n) is 11.0. The summed E-state index contributed by atoms with van der Waals surface area (Å²) in [6, 6.07) is 73.5. The standard InChI is InChI=1S/C56H34N6/c57-35-37-17-21-43(22-18-37)53-33-51(41-9-3-1-4-10-41)59-55(61-53)45-29-25-39(26-30-45)47-13-7-16-50-48(14-8-15-49(47)50)40-27-31-46(32-28-40)56-60-52(42-11-5-2-6-12-42)34-54(62-56)44-23-19-38(36-58)20-24-44/h1-34H. The highest BCUT2D eigenvalue weighted by Crippen LogP contribution is 2.37. The molecule has 288 valence electrons. The molecular weight excluding hydrogens is 757 g/mol. The summed E-state index contributed by atoms with van der Waals surface area (Å²) in [4.78, 5) is 20.1. The fourth-order valence-corrected chi connectivity index (χ4v) is 7.80. The van der Waals surface area contributed by atoms with Gasteiger partial charge in [-0.2, -0.15) is 10.5 Å². The predicted molar refractivity (Wildman–Crippen MR) is 248 cm³/mol. The number of nitrogens with zero attached hydrogens (tertiary/aromatic N) is 6. The number of hydrogen-bond donors (Lipinski definition) is 0. The number of hydrogen-bond acceptors (Lipinski definition) is 6. The number of nitriles is 2. The zero-order valence-corrected chi connectivity index (χ0v) is 33.3. The van der Waals surface area contributed by atoms with Crippen LogP contribution in [0.4, 0.5) is 0 Å². The Bertz CT molecular complexity index is 3090. The quantitative estimate of drug-likeness (QED) is 0.152. The number of fused-ring (bicyclic) bond motifs is 1. The summed E-state index contributed by atoms with van der Waals surface area (Å²) >= 11 is 0. The van der Waals surface area contributed by atoms with Gasteiger partial charge in [0.15, 0.2) is 11.6 Å². The highest BCUT2D eigenvalue weighted by Gasteiger charge is 2.15. The van der Waals surface area contributed by atoms with E-state index in [1.54, 1.807) is 0 Å². The first kappa shape index (κ1) is 37.4. The average molecular weight is 791 g/mol. The van der Waals surface area contributed by atoms with Gasteiger partial charge in [0.1, 0.15) is 0 Å². The Hall–Kier alpha value is -8.84. The molecule has 6 heteroatoms. The zero-order chi connectivity index (χ0) is 41.8. The Morgan fingerprint density at radius 2 is 0.581 bits per heavy atom. The van der Waals surface area contributed by atoms with Gasteiger partial charge in [-0.25, -0.2) is 19.9 Å². The van der Waals surface area contributed by atoms with E-state index < -0.39 is 0 Å². The minimum Gasteiger partial charge on any atom is -0.228 e. The molecule has 0 fully saturated rings. The highest BCUT2D eigenvalue weighted by molar-refractivity contribution is 6.04. The molecular formula is C56H34N6. The molecule has 0 unspecified atom stereocenters. The number of benzene rings is 8. The van der Waals surface area contributed by atoms with E-state index in [1.165, 1.54) is 0 Å². The third-order valence-corrected chi connectivity index (χ3v) is 11.0. The van der Waals surface area contributed by atoms with Gasteiger partial charge in [-0.15, -0.1) is 0 Å². The first-order valence-electron chi connectivity index (χ1n) is 20.2. The van der Waals surface area contributed by atoms with Crippen LogP contribution in [0.5, 0.6) is 0 Å². The molecule has 0 aliphatic heterocycles. The minimum absolute atomic E-state index is 0.604. The molecule has 0 aliphatic carbocycles. The lowest BCUT2D eigenvalue weighted by Gasteiger charge is -2.13. The lowest BCUT2D eigenvalue weighted by atomic mass is 9.92. The van der Waals surface area contributed by atoms with Crippen molar-refractivity contribution in [3.8, 4) is 102 Å². The molecule has 0 N–H and O–H groups in total. The van der Waals surface area contributed by atoms with Gasteiger partial charge in [-0.05, 0) is 69.4 Å². The maximum Gasteiger partial charge on any atom is 0.160 e. The van der Waals surface area contributed by atoms with Crippen LogP contribution in [0.1, 0.15) is 11.1 Å². The van der Waals surface area contributed by atoms with Crippen LogP contribution in [0.2, 0.25) is 0 Å². The van der Waals surface area contributed by atoms with Gasteiger partial charge >= 0.3 is 0 Å². The lowest BCUT2D eigenvalue weighted by Crippen LogP contribution is -1.96. The first-order chi connectivity index (χ1) is 30.6. The Morgan fingerprint density at radius 3 is 0.919 bits per heavy atom. The highest BCUT2D eigenvalue weighted by atomic mass is 14.9. The van der Waals surface area contributed by atoms with Gasteiger partial charge in [0.05, 0.1) is 46.0 Å². The molecule has 0 atom stereocenters. The molecule has 2 aromatic heterocycles. The van der Waals surface area contributed by atoms with Gasteiger partial charge in [0.2, 0.25) is 0 Å².